The van der Waals surface area contributed by atoms with E-state index >= 15 is 0 Å². The number of piperidine rings is 1. The van der Waals surface area contributed by atoms with Crippen molar-refractivity contribution in [2.24, 2.45) is 5.92 Å². The molecule has 0 spiro atoms. The lowest BCUT2D eigenvalue weighted by atomic mass is 9.97. The molecule has 0 saturated carbocycles. The lowest BCUT2D eigenvalue weighted by molar-refractivity contribution is 0.154. The normalized spacial score (nSPS) is 16.5. The van der Waals surface area contributed by atoms with Crippen molar-refractivity contribution in [3.05, 3.63) is 29.3 Å². The molecular formula is C17H29ClN2O. The summed E-state index contributed by atoms with van der Waals surface area (Å²) in [4.78, 5) is 2.53. The summed E-state index contributed by atoms with van der Waals surface area (Å²) >= 11 is 0. The van der Waals surface area contributed by atoms with Crippen LogP contribution in [0.3, 0.4) is 0 Å². The zero-order chi connectivity index (χ0) is 14.4. The van der Waals surface area contributed by atoms with E-state index in [1.54, 1.807) is 0 Å². The third-order valence-corrected chi connectivity index (χ3v) is 4.26. The quantitative estimate of drug-likeness (QED) is 0.874. The van der Waals surface area contributed by atoms with E-state index in [9.17, 15) is 0 Å². The molecular weight excluding hydrogens is 284 g/mol. The topological polar surface area (TPSA) is 24.5 Å². The summed E-state index contributed by atoms with van der Waals surface area (Å²) in [6.45, 7) is 9.65. The second kappa shape index (κ2) is 9.29. The molecule has 2 rings (SSSR count). The van der Waals surface area contributed by atoms with E-state index in [0.717, 1.165) is 31.4 Å². The fraction of sp³-hybridized carbons (Fsp3) is 0.647. The Bertz CT molecular complexity index is 397. The Hall–Kier alpha value is -0.770. The molecule has 21 heavy (non-hydrogen) atoms. The van der Waals surface area contributed by atoms with Crippen LogP contribution in [0.5, 0.6) is 5.75 Å². The van der Waals surface area contributed by atoms with Crippen molar-refractivity contribution in [2.75, 3.05) is 39.8 Å². The molecule has 1 saturated heterocycles. The van der Waals surface area contributed by atoms with E-state index in [4.69, 9.17) is 4.74 Å². The molecule has 1 aromatic rings. The Labute approximate surface area is 135 Å². The second-order valence-electron chi connectivity index (χ2n) is 5.91. The smallest absolute Gasteiger partial charge is 0.125 e. The predicted molar refractivity (Wildman–Crippen MR) is 91.7 cm³/mol. The van der Waals surface area contributed by atoms with Crippen LogP contribution in [0.2, 0.25) is 0 Å². The molecule has 3 nitrogen and oxygen atoms in total. The van der Waals surface area contributed by atoms with Crippen molar-refractivity contribution in [1.29, 1.82) is 0 Å². The number of likely N-dealkylation sites (tertiary alicyclic amines) is 1. The van der Waals surface area contributed by atoms with Crippen molar-refractivity contribution in [3.8, 4) is 5.75 Å². The molecule has 4 heteroatoms. The number of hydrogen-bond donors (Lipinski definition) is 1. The van der Waals surface area contributed by atoms with Crippen LogP contribution in [0.1, 0.15) is 24.0 Å². The predicted octanol–water partition coefficient (Wildman–Crippen LogP) is 3.04. The standard InChI is InChI=1S/C17H28N2O.ClH/c1-14-5-4-6-15(2)17(14)20-12-11-19-9-7-16(8-10-19)13-18-3;/h4-6,16,18H,7-13H2,1-3H3;1H. The summed E-state index contributed by atoms with van der Waals surface area (Å²) in [7, 11) is 2.05. The minimum atomic E-state index is 0. The van der Waals surface area contributed by atoms with Gasteiger partial charge in [0.15, 0.2) is 0 Å². The van der Waals surface area contributed by atoms with Crippen LogP contribution in [0.25, 0.3) is 0 Å². The van der Waals surface area contributed by atoms with Crippen molar-refractivity contribution in [2.45, 2.75) is 26.7 Å². The van der Waals surface area contributed by atoms with Gasteiger partial charge in [0.25, 0.3) is 0 Å². The maximum Gasteiger partial charge on any atom is 0.125 e. The molecule has 1 aliphatic heterocycles. The van der Waals surface area contributed by atoms with E-state index < -0.39 is 0 Å². The fourth-order valence-corrected chi connectivity index (χ4v) is 3.01. The summed E-state index contributed by atoms with van der Waals surface area (Å²) in [5.74, 6) is 1.92. The molecule has 1 fully saturated rings. The van der Waals surface area contributed by atoms with E-state index in [2.05, 4.69) is 42.3 Å². The third kappa shape index (κ3) is 5.50. The zero-order valence-electron chi connectivity index (χ0n) is 13.5. The summed E-state index contributed by atoms with van der Waals surface area (Å²) in [6.07, 6.45) is 2.62. The number of nitrogens with zero attached hydrogens (tertiary/aromatic N) is 1. The third-order valence-electron chi connectivity index (χ3n) is 4.26. The molecule has 1 aromatic carbocycles. The van der Waals surface area contributed by atoms with Crippen LogP contribution in [-0.4, -0.2) is 44.7 Å². The van der Waals surface area contributed by atoms with Gasteiger partial charge in [-0.3, -0.25) is 4.90 Å². The van der Waals surface area contributed by atoms with Gasteiger partial charge in [-0.1, -0.05) is 18.2 Å². The van der Waals surface area contributed by atoms with Gasteiger partial charge >= 0.3 is 0 Å². The number of para-hydroxylation sites is 1. The van der Waals surface area contributed by atoms with Crippen LogP contribution in [0.15, 0.2) is 18.2 Å². The average Bonchev–Trinajstić information content (AvgIpc) is 2.44. The maximum atomic E-state index is 5.99. The van der Waals surface area contributed by atoms with Gasteiger partial charge in [-0.05, 0) is 70.4 Å². The largest absolute Gasteiger partial charge is 0.492 e. The second-order valence-corrected chi connectivity index (χ2v) is 5.91. The van der Waals surface area contributed by atoms with Crippen LogP contribution >= 0.6 is 12.4 Å². The van der Waals surface area contributed by atoms with Crippen molar-refractivity contribution < 1.29 is 4.74 Å². The minimum absolute atomic E-state index is 0. The first-order valence-corrected chi connectivity index (χ1v) is 7.76. The number of nitrogens with one attached hydrogen (secondary N) is 1. The Morgan fingerprint density at radius 1 is 1.19 bits per heavy atom. The van der Waals surface area contributed by atoms with Gasteiger partial charge in [-0.2, -0.15) is 0 Å². The Balaban J connectivity index is 0.00000220. The maximum absolute atomic E-state index is 5.99. The SMILES string of the molecule is CNCC1CCN(CCOc2c(C)cccc2C)CC1.Cl. The molecule has 0 amide bonds. The van der Waals surface area contributed by atoms with Gasteiger partial charge in [0, 0.05) is 6.54 Å². The van der Waals surface area contributed by atoms with Crippen molar-refractivity contribution in [1.82, 2.24) is 10.2 Å². The van der Waals surface area contributed by atoms with E-state index in [1.165, 1.54) is 37.1 Å². The highest BCUT2D eigenvalue weighted by Gasteiger charge is 2.18. The van der Waals surface area contributed by atoms with Gasteiger partial charge in [-0.25, -0.2) is 0 Å². The zero-order valence-corrected chi connectivity index (χ0v) is 14.3. The molecule has 0 bridgehead atoms. The van der Waals surface area contributed by atoms with E-state index in [1.807, 2.05) is 7.05 Å². The number of benzene rings is 1. The highest BCUT2D eigenvalue weighted by Crippen LogP contribution is 2.22. The first-order chi connectivity index (χ1) is 9.70. The molecule has 0 radical (unpaired) electrons. The number of halogens is 1. The molecule has 0 aliphatic carbocycles. The van der Waals surface area contributed by atoms with Crippen LogP contribution in [-0.2, 0) is 0 Å². The Morgan fingerprint density at radius 2 is 1.81 bits per heavy atom. The molecule has 0 unspecified atom stereocenters. The number of aryl methyl sites for hydroxylation is 2. The lowest BCUT2D eigenvalue weighted by Gasteiger charge is -2.31. The highest BCUT2D eigenvalue weighted by atomic mass is 35.5. The summed E-state index contributed by atoms with van der Waals surface area (Å²) in [6, 6.07) is 6.32. The monoisotopic (exact) mass is 312 g/mol. The summed E-state index contributed by atoms with van der Waals surface area (Å²) < 4.78 is 5.99. The van der Waals surface area contributed by atoms with Gasteiger partial charge < -0.3 is 10.1 Å². The van der Waals surface area contributed by atoms with Gasteiger partial charge in [0.2, 0.25) is 0 Å². The highest BCUT2D eigenvalue weighted by molar-refractivity contribution is 5.85. The van der Waals surface area contributed by atoms with Crippen LogP contribution in [0.4, 0.5) is 0 Å². The fourth-order valence-electron chi connectivity index (χ4n) is 3.01. The Morgan fingerprint density at radius 3 is 2.38 bits per heavy atom. The average molecular weight is 313 g/mol. The summed E-state index contributed by atoms with van der Waals surface area (Å²) in [5.41, 5.74) is 2.47. The molecule has 0 atom stereocenters. The van der Waals surface area contributed by atoms with E-state index in [0.29, 0.717) is 0 Å². The van der Waals surface area contributed by atoms with Gasteiger partial charge in [0.05, 0.1) is 0 Å². The number of ether oxygens (including phenoxy) is 1. The van der Waals surface area contributed by atoms with Gasteiger partial charge in [-0.15, -0.1) is 12.4 Å². The summed E-state index contributed by atoms with van der Waals surface area (Å²) in [5, 5.41) is 3.29. The van der Waals surface area contributed by atoms with Gasteiger partial charge in [0.1, 0.15) is 12.4 Å². The molecule has 1 aliphatic rings. The van der Waals surface area contributed by atoms with Crippen molar-refractivity contribution in [3.63, 3.8) is 0 Å². The number of rotatable bonds is 6. The first-order valence-electron chi connectivity index (χ1n) is 7.76. The van der Waals surface area contributed by atoms with Crippen LogP contribution in [0, 0.1) is 19.8 Å². The van der Waals surface area contributed by atoms with Crippen LogP contribution < -0.4 is 10.1 Å². The first kappa shape index (κ1) is 18.3. The van der Waals surface area contributed by atoms with E-state index in [-0.39, 0.29) is 12.4 Å². The molecule has 120 valence electrons. The Kier molecular flexibility index (Phi) is 8.09. The van der Waals surface area contributed by atoms with Crippen molar-refractivity contribution >= 4 is 12.4 Å². The minimum Gasteiger partial charge on any atom is -0.492 e. The number of hydrogen-bond acceptors (Lipinski definition) is 3. The molecule has 1 heterocycles. The molecule has 1 N–H and O–H groups in total. The molecule has 0 aromatic heterocycles. The lowest BCUT2D eigenvalue weighted by Crippen LogP contribution is -2.38.